The highest BCUT2D eigenvalue weighted by Crippen LogP contribution is 2.19. The highest BCUT2D eigenvalue weighted by Gasteiger charge is 2.10. The summed E-state index contributed by atoms with van der Waals surface area (Å²) < 4.78 is 0. The normalized spacial score (nSPS) is 10.8. The lowest BCUT2D eigenvalue weighted by atomic mass is 10.1. The van der Waals surface area contributed by atoms with Crippen LogP contribution in [0.2, 0.25) is 0 Å². The van der Waals surface area contributed by atoms with Gasteiger partial charge in [0.05, 0.1) is 0 Å². The van der Waals surface area contributed by atoms with E-state index in [-0.39, 0.29) is 5.91 Å². The zero-order chi connectivity index (χ0) is 14.5. The van der Waals surface area contributed by atoms with Crippen molar-refractivity contribution in [1.82, 2.24) is 10.2 Å². The van der Waals surface area contributed by atoms with Crippen molar-refractivity contribution >= 4 is 22.4 Å². The van der Waals surface area contributed by atoms with E-state index in [1.807, 2.05) is 24.3 Å². The molecule has 0 aliphatic rings. The molecular weight excluding hydrogens is 270 g/mol. The molecule has 0 aliphatic heterocycles. The summed E-state index contributed by atoms with van der Waals surface area (Å²) in [5.74, 6) is 0.396. The van der Waals surface area contributed by atoms with Gasteiger partial charge in [0.15, 0.2) is 0 Å². The summed E-state index contributed by atoms with van der Waals surface area (Å²) in [4.78, 5) is 12.1. The molecule has 0 atom stereocenters. The van der Waals surface area contributed by atoms with Gasteiger partial charge in [0, 0.05) is 12.0 Å². The van der Waals surface area contributed by atoms with Gasteiger partial charge in [0.2, 0.25) is 5.13 Å². The van der Waals surface area contributed by atoms with Gasteiger partial charge in [0.25, 0.3) is 5.91 Å². The summed E-state index contributed by atoms with van der Waals surface area (Å²) >= 11 is 1.44. The van der Waals surface area contributed by atoms with Crippen molar-refractivity contribution in [1.29, 1.82) is 0 Å². The van der Waals surface area contributed by atoms with E-state index in [1.54, 1.807) is 0 Å². The van der Waals surface area contributed by atoms with Gasteiger partial charge in [-0.25, -0.2) is 0 Å². The second-order valence-corrected chi connectivity index (χ2v) is 6.17. The molecule has 5 heteroatoms. The maximum absolute atomic E-state index is 12.1. The first-order valence-electron chi connectivity index (χ1n) is 6.81. The molecule has 0 bridgehead atoms. The van der Waals surface area contributed by atoms with Crippen LogP contribution in [0.5, 0.6) is 0 Å². The Labute approximate surface area is 123 Å². The van der Waals surface area contributed by atoms with Crippen molar-refractivity contribution in [2.24, 2.45) is 5.92 Å². The Hall–Kier alpha value is -1.75. The number of benzene rings is 1. The van der Waals surface area contributed by atoms with Crippen molar-refractivity contribution in [3.63, 3.8) is 0 Å². The zero-order valence-corrected chi connectivity index (χ0v) is 12.8. The fraction of sp³-hybridized carbons (Fsp3) is 0.400. The third kappa shape index (κ3) is 3.87. The van der Waals surface area contributed by atoms with Crippen LogP contribution >= 0.6 is 11.3 Å². The SMILES string of the molecule is CCc1ccc(C(=O)Nc2nnc(CC(C)C)s2)cc1. The number of carbonyl (C=O) groups is 1. The molecule has 0 aliphatic carbocycles. The average molecular weight is 289 g/mol. The predicted octanol–water partition coefficient (Wildman–Crippen LogP) is 3.55. The molecule has 1 aromatic heterocycles. The van der Waals surface area contributed by atoms with Crippen molar-refractivity contribution in [2.45, 2.75) is 33.6 Å². The number of amides is 1. The standard InChI is InChI=1S/C15H19N3OS/c1-4-11-5-7-12(8-6-11)14(19)16-15-18-17-13(20-15)9-10(2)3/h5-8,10H,4,9H2,1-3H3,(H,16,18,19). The lowest BCUT2D eigenvalue weighted by Gasteiger charge is -2.02. The first-order chi connectivity index (χ1) is 9.58. The van der Waals surface area contributed by atoms with Crippen LogP contribution in [0, 0.1) is 5.92 Å². The minimum atomic E-state index is -0.139. The molecule has 2 aromatic rings. The number of hydrogen-bond donors (Lipinski definition) is 1. The van der Waals surface area contributed by atoms with Crippen molar-refractivity contribution < 1.29 is 4.79 Å². The van der Waals surface area contributed by atoms with Crippen molar-refractivity contribution in [3.8, 4) is 0 Å². The molecule has 0 saturated carbocycles. The Morgan fingerprint density at radius 3 is 2.55 bits per heavy atom. The van der Waals surface area contributed by atoms with Crippen LogP contribution in [0.4, 0.5) is 5.13 Å². The van der Waals surface area contributed by atoms with Crippen LogP contribution in [-0.2, 0) is 12.8 Å². The first kappa shape index (κ1) is 14.7. The first-order valence-corrected chi connectivity index (χ1v) is 7.62. The highest BCUT2D eigenvalue weighted by atomic mass is 32.1. The number of nitrogens with one attached hydrogen (secondary N) is 1. The molecule has 1 heterocycles. The van der Waals surface area contributed by atoms with Gasteiger partial charge in [-0.2, -0.15) is 0 Å². The quantitative estimate of drug-likeness (QED) is 0.915. The molecule has 20 heavy (non-hydrogen) atoms. The number of aryl methyl sites for hydroxylation is 1. The maximum atomic E-state index is 12.1. The van der Waals surface area contributed by atoms with Crippen LogP contribution in [0.15, 0.2) is 24.3 Å². The number of nitrogens with zero attached hydrogens (tertiary/aromatic N) is 2. The van der Waals surface area contributed by atoms with Crippen molar-refractivity contribution in [3.05, 3.63) is 40.4 Å². The topological polar surface area (TPSA) is 54.9 Å². The van der Waals surface area contributed by atoms with E-state index < -0.39 is 0 Å². The molecule has 1 amide bonds. The van der Waals surface area contributed by atoms with E-state index in [9.17, 15) is 4.79 Å². The second-order valence-electron chi connectivity index (χ2n) is 5.10. The van der Waals surface area contributed by atoms with E-state index in [0.29, 0.717) is 16.6 Å². The van der Waals surface area contributed by atoms with Crippen LogP contribution in [0.1, 0.15) is 41.7 Å². The number of carbonyl (C=O) groups excluding carboxylic acids is 1. The van der Waals surface area contributed by atoms with Gasteiger partial charge >= 0.3 is 0 Å². The summed E-state index contributed by atoms with van der Waals surface area (Å²) in [6.07, 6.45) is 1.86. The number of aromatic nitrogens is 2. The highest BCUT2D eigenvalue weighted by molar-refractivity contribution is 7.15. The van der Waals surface area contributed by atoms with Crippen LogP contribution in [0.3, 0.4) is 0 Å². The minimum absolute atomic E-state index is 0.139. The minimum Gasteiger partial charge on any atom is -0.296 e. The largest absolute Gasteiger partial charge is 0.296 e. The van der Waals surface area contributed by atoms with E-state index in [0.717, 1.165) is 17.8 Å². The average Bonchev–Trinajstić information content (AvgIpc) is 2.85. The van der Waals surface area contributed by atoms with E-state index in [4.69, 9.17) is 0 Å². The van der Waals surface area contributed by atoms with E-state index >= 15 is 0 Å². The summed E-state index contributed by atoms with van der Waals surface area (Å²) in [5.41, 5.74) is 1.86. The molecule has 106 valence electrons. The molecule has 0 saturated heterocycles. The van der Waals surface area contributed by atoms with E-state index in [2.05, 4.69) is 36.3 Å². The molecule has 0 fully saturated rings. The summed E-state index contributed by atoms with van der Waals surface area (Å²) in [6, 6.07) is 7.62. The van der Waals surface area contributed by atoms with Gasteiger partial charge in [-0.3, -0.25) is 10.1 Å². The fourth-order valence-electron chi connectivity index (χ4n) is 1.80. The number of rotatable bonds is 5. The van der Waals surface area contributed by atoms with Gasteiger partial charge in [0.1, 0.15) is 5.01 Å². The summed E-state index contributed by atoms with van der Waals surface area (Å²) in [7, 11) is 0. The monoisotopic (exact) mass is 289 g/mol. The van der Waals surface area contributed by atoms with Crippen LogP contribution in [0.25, 0.3) is 0 Å². The maximum Gasteiger partial charge on any atom is 0.257 e. The van der Waals surface area contributed by atoms with Gasteiger partial charge < -0.3 is 0 Å². The molecule has 4 nitrogen and oxygen atoms in total. The third-order valence-corrected chi connectivity index (χ3v) is 3.76. The van der Waals surface area contributed by atoms with Gasteiger partial charge in [-0.05, 0) is 30.0 Å². The summed E-state index contributed by atoms with van der Waals surface area (Å²) in [5, 5.41) is 12.4. The fourth-order valence-corrected chi connectivity index (χ4v) is 2.74. The van der Waals surface area contributed by atoms with Crippen LogP contribution < -0.4 is 5.32 Å². The number of hydrogen-bond acceptors (Lipinski definition) is 4. The molecule has 0 spiro atoms. The Bertz CT molecular complexity index is 575. The molecule has 1 aromatic carbocycles. The van der Waals surface area contributed by atoms with Crippen molar-refractivity contribution in [2.75, 3.05) is 5.32 Å². The lowest BCUT2D eigenvalue weighted by molar-refractivity contribution is 0.102. The molecule has 0 radical (unpaired) electrons. The number of anilines is 1. The summed E-state index contributed by atoms with van der Waals surface area (Å²) in [6.45, 7) is 6.36. The smallest absolute Gasteiger partial charge is 0.257 e. The Balaban J connectivity index is 2.01. The molecular formula is C15H19N3OS. The lowest BCUT2D eigenvalue weighted by Crippen LogP contribution is -2.11. The molecule has 1 N–H and O–H groups in total. The molecule has 0 unspecified atom stereocenters. The van der Waals surface area contributed by atoms with E-state index in [1.165, 1.54) is 16.9 Å². The predicted molar refractivity (Wildman–Crippen MR) is 82.2 cm³/mol. The van der Waals surface area contributed by atoms with Gasteiger partial charge in [-0.1, -0.05) is 44.2 Å². The van der Waals surface area contributed by atoms with Gasteiger partial charge in [-0.15, -0.1) is 10.2 Å². The Morgan fingerprint density at radius 1 is 1.25 bits per heavy atom. The third-order valence-electron chi connectivity index (χ3n) is 2.89. The zero-order valence-electron chi connectivity index (χ0n) is 12.0. The Kier molecular flexibility index (Phi) is 4.84. The Morgan fingerprint density at radius 2 is 1.95 bits per heavy atom. The van der Waals surface area contributed by atoms with Crippen LogP contribution in [-0.4, -0.2) is 16.1 Å². The molecule has 2 rings (SSSR count). The second kappa shape index (κ2) is 6.61.